The molecule has 0 aromatic heterocycles. The first kappa shape index (κ1) is 47.6. The number of azo groups is 1. The number of phenolic OH excluding ortho intramolecular Hbond substituents is 1. The van der Waals surface area contributed by atoms with Crippen molar-refractivity contribution >= 4 is 97.6 Å². The topological polar surface area (TPSA) is 128 Å². The Labute approximate surface area is 390 Å². The molecule has 1 aliphatic heterocycles. The van der Waals surface area contributed by atoms with Gasteiger partial charge in [0.2, 0.25) is 6.04 Å². The van der Waals surface area contributed by atoms with E-state index in [1.54, 1.807) is 36.4 Å². The van der Waals surface area contributed by atoms with Crippen LogP contribution in [0.5, 0.6) is 11.5 Å². The fourth-order valence-electron chi connectivity index (χ4n) is 7.43. The Morgan fingerprint density at radius 1 is 0.810 bits per heavy atom. The molecule has 10 nitrogen and oxygen atoms in total. The molecule has 1 saturated heterocycles. The molecule has 5 aromatic carbocycles. The van der Waals surface area contributed by atoms with E-state index in [4.69, 9.17) is 56.1 Å². The number of amidine groups is 1. The lowest BCUT2D eigenvalue weighted by atomic mass is 9.86. The number of hydrogen-bond acceptors (Lipinski definition) is 7. The van der Waals surface area contributed by atoms with E-state index in [0.29, 0.717) is 34.1 Å². The molecular weight excluding hydrogens is 878 g/mol. The van der Waals surface area contributed by atoms with Crippen molar-refractivity contribution in [1.82, 2.24) is 5.43 Å². The molecule has 2 amide bonds. The third kappa shape index (κ3) is 12.7. The highest BCUT2D eigenvalue weighted by molar-refractivity contribution is 6.43. The number of carbonyl (C=O) groups excluding carboxylic acids is 2. The van der Waals surface area contributed by atoms with Gasteiger partial charge in [-0.1, -0.05) is 168 Å². The first-order valence-corrected chi connectivity index (χ1v) is 23.1. The van der Waals surface area contributed by atoms with Crippen LogP contribution in [-0.4, -0.2) is 34.9 Å². The second-order valence-electron chi connectivity index (χ2n) is 16.8. The van der Waals surface area contributed by atoms with E-state index in [-0.39, 0.29) is 49.3 Å². The first-order valence-electron chi connectivity index (χ1n) is 21.6. The highest BCUT2D eigenvalue weighted by atomic mass is 35.5. The van der Waals surface area contributed by atoms with E-state index in [2.05, 4.69) is 27.9 Å². The molecule has 63 heavy (non-hydrogen) atoms. The lowest BCUT2D eigenvalue weighted by Crippen LogP contribution is -2.36. The molecule has 0 aliphatic carbocycles. The molecular formula is C49H54Cl4N6O4. The van der Waals surface area contributed by atoms with Crippen LogP contribution in [0.3, 0.4) is 0 Å². The van der Waals surface area contributed by atoms with Gasteiger partial charge in [-0.05, 0) is 78.2 Å². The van der Waals surface area contributed by atoms with Crippen molar-refractivity contribution in [2.45, 2.75) is 116 Å². The number of nitrogens with zero attached hydrogens (tertiary/aromatic N) is 4. The zero-order valence-electron chi connectivity index (χ0n) is 36.1. The number of amides is 2. The van der Waals surface area contributed by atoms with Gasteiger partial charge in [-0.15, -0.1) is 0 Å². The standard InChI is InChI=1S/C49H54Cl4N6O4/c1-5-6-7-8-9-10-11-12-13-14-22-43(63-34-24-26-42(60)36(30-34)49(2,3)4)47(61)54-33-23-25-37(51)41(29-33)55-46-44(57-56-40-21-17-19-31-18-15-16-20-35(31)40)48(62)59(58-46)45-38(52)27-32(50)28-39(45)53/h15-21,23-30,43-44,60H,5-14,22H2,1-4H3,(H,54,61)(H,55,58)/t43-,44-/m0/s1. The van der Waals surface area contributed by atoms with Crippen molar-refractivity contribution in [3.8, 4) is 11.5 Å². The second-order valence-corrected chi connectivity index (χ2v) is 18.4. The summed E-state index contributed by atoms with van der Waals surface area (Å²) in [6.45, 7) is 8.25. The largest absolute Gasteiger partial charge is 0.508 e. The lowest BCUT2D eigenvalue weighted by molar-refractivity contribution is -0.123. The van der Waals surface area contributed by atoms with Gasteiger partial charge < -0.3 is 15.2 Å². The number of carbonyl (C=O) groups is 2. The number of unbranched alkanes of at least 4 members (excludes halogenated alkanes) is 9. The number of benzene rings is 5. The number of rotatable bonds is 19. The molecule has 0 unspecified atom stereocenters. The summed E-state index contributed by atoms with van der Waals surface area (Å²) in [6.07, 6.45) is 11.3. The second kappa shape index (κ2) is 22.2. The third-order valence-electron chi connectivity index (χ3n) is 10.8. The molecule has 6 rings (SSSR count). The maximum Gasteiger partial charge on any atom is 0.280 e. The number of ether oxygens (including phenoxy) is 1. The fraction of sp³-hybridized carbons (Fsp3) is 0.367. The number of nitrogens with one attached hydrogen (secondary N) is 2. The minimum Gasteiger partial charge on any atom is -0.508 e. The van der Waals surface area contributed by atoms with Crippen molar-refractivity contribution in [2.24, 2.45) is 15.2 Å². The summed E-state index contributed by atoms with van der Waals surface area (Å²) in [5.41, 5.74) is 4.75. The van der Waals surface area contributed by atoms with E-state index >= 15 is 0 Å². The predicted molar refractivity (Wildman–Crippen MR) is 259 cm³/mol. The van der Waals surface area contributed by atoms with Gasteiger partial charge in [0.25, 0.3) is 11.8 Å². The average molecular weight is 933 g/mol. The molecule has 0 spiro atoms. The van der Waals surface area contributed by atoms with Gasteiger partial charge in [0, 0.05) is 21.7 Å². The summed E-state index contributed by atoms with van der Waals surface area (Å²) in [4.78, 5) is 33.1. The number of fused-ring (bicyclic) bond motifs is 1. The maximum atomic E-state index is 14.2. The fourth-order valence-corrected chi connectivity index (χ4v) is 8.58. The van der Waals surface area contributed by atoms with Crippen molar-refractivity contribution in [1.29, 1.82) is 0 Å². The summed E-state index contributed by atoms with van der Waals surface area (Å²) in [6, 6.07) is 25.0. The van der Waals surface area contributed by atoms with Crippen LogP contribution >= 0.6 is 46.4 Å². The van der Waals surface area contributed by atoms with Gasteiger partial charge in [-0.2, -0.15) is 10.2 Å². The quantitative estimate of drug-likeness (QED) is 0.0561. The van der Waals surface area contributed by atoms with Crippen molar-refractivity contribution in [3.05, 3.63) is 117 Å². The molecule has 5 aromatic rings. The van der Waals surface area contributed by atoms with Crippen LogP contribution in [0.15, 0.2) is 106 Å². The number of hydrogen-bond donors (Lipinski definition) is 3. The van der Waals surface area contributed by atoms with E-state index in [0.717, 1.165) is 41.5 Å². The smallest absolute Gasteiger partial charge is 0.280 e. The van der Waals surface area contributed by atoms with Crippen LogP contribution in [0.1, 0.15) is 104 Å². The molecule has 1 heterocycles. The monoisotopic (exact) mass is 930 g/mol. The Balaban J connectivity index is 1.25. The van der Waals surface area contributed by atoms with Crippen LogP contribution in [-0.2, 0) is 15.0 Å². The number of anilines is 2. The molecule has 0 saturated carbocycles. The summed E-state index contributed by atoms with van der Waals surface area (Å²) in [5, 5.41) is 26.4. The van der Waals surface area contributed by atoms with E-state index < -0.39 is 18.1 Å². The number of aliphatic imine (C=N–C) groups is 1. The zero-order valence-corrected chi connectivity index (χ0v) is 39.1. The molecule has 1 fully saturated rings. The van der Waals surface area contributed by atoms with Crippen LogP contribution in [0.4, 0.5) is 22.7 Å². The van der Waals surface area contributed by atoms with E-state index in [9.17, 15) is 14.7 Å². The SMILES string of the molecule is CCCCCCCCCCCC[C@H](Oc1ccc(O)c(C(C)(C)C)c1)C(=O)Nc1ccc(Cl)c(N=C2NN(c3c(Cl)cc(Cl)cc3Cl)C(=O)[C@H]2N=Nc2cccc3ccccc23)c1. The van der Waals surface area contributed by atoms with Crippen LogP contribution < -0.4 is 20.5 Å². The molecule has 0 bridgehead atoms. The van der Waals surface area contributed by atoms with Crippen molar-refractivity contribution < 1.29 is 19.4 Å². The molecule has 14 heteroatoms. The minimum absolute atomic E-state index is 0.0839. The Bertz CT molecular complexity index is 2440. The van der Waals surface area contributed by atoms with Gasteiger partial charge in [-0.25, -0.2) is 10.0 Å². The Morgan fingerprint density at radius 3 is 2.17 bits per heavy atom. The summed E-state index contributed by atoms with van der Waals surface area (Å²) >= 11 is 26.1. The van der Waals surface area contributed by atoms with Crippen LogP contribution in [0, 0.1) is 0 Å². The van der Waals surface area contributed by atoms with Gasteiger partial charge in [-0.3, -0.25) is 15.0 Å². The normalized spacial score (nSPS) is 15.4. The molecule has 332 valence electrons. The van der Waals surface area contributed by atoms with Gasteiger partial charge >= 0.3 is 0 Å². The average Bonchev–Trinajstić information content (AvgIpc) is 3.54. The predicted octanol–water partition coefficient (Wildman–Crippen LogP) is 14.9. The highest BCUT2D eigenvalue weighted by Crippen LogP contribution is 2.39. The first-order chi connectivity index (χ1) is 30.2. The molecule has 3 N–H and O–H groups in total. The number of hydrazine groups is 1. The highest BCUT2D eigenvalue weighted by Gasteiger charge is 2.41. The summed E-state index contributed by atoms with van der Waals surface area (Å²) in [5.74, 6) is -0.175. The number of phenols is 1. The lowest BCUT2D eigenvalue weighted by Gasteiger charge is -2.23. The molecule has 2 atom stereocenters. The Hall–Kier alpha value is -4.87. The Morgan fingerprint density at radius 2 is 1.48 bits per heavy atom. The summed E-state index contributed by atoms with van der Waals surface area (Å²) < 4.78 is 6.40. The van der Waals surface area contributed by atoms with Crippen LogP contribution in [0.2, 0.25) is 20.1 Å². The van der Waals surface area contributed by atoms with E-state index in [1.807, 2.05) is 63.2 Å². The maximum absolute atomic E-state index is 14.2. The zero-order chi connectivity index (χ0) is 45.1. The Kier molecular flexibility index (Phi) is 16.7. The molecule has 1 aliphatic rings. The summed E-state index contributed by atoms with van der Waals surface area (Å²) in [7, 11) is 0. The van der Waals surface area contributed by atoms with Crippen molar-refractivity contribution in [2.75, 3.05) is 10.3 Å². The number of halogens is 4. The van der Waals surface area contributed by atoms with Gasteiger partial charge in [0.05, 0.1) is 26.4 Å². The van der Waals surface area contributed by atoms with E-state index in [1.165, 1.54) is 50.7 Å². The molecule has 0 radical (unpaired) electrons. The van der Waals surface area contributed by atoms with Crippen molar-refractivity contribution in [3.63, 3.8) is 0 Å². The number of aromatic hydroxyl groups is 1. The van der Waals surface area contributed by atoms with Gasteiger partial charge in [0.1, 0.15) is 17.2 Å². The third-order valence-corrected chi connectivity index (χ3v) is 11.9. The minimum atomic E-state index is -1.26. The van der Waals surface area contributed by atoms with Gasteiger partial charge in [0.15, 0.2) is 11.9 Å². The van der Waals surface area contributed by atoms with Crippen LogP contribution in [0.25, 0.3) is 10.8 Å².